The number of piperidine rings is 1. The van der Waals surface area contributed by atoms with Gasteiger partial charge in [0.05, 0.1) is 0 Å². The Morgan fingerprint density at radius 3 is 2.20 bits per heavy atom. The van der Waals surface area contributed by atoms with Gasteiger partial charge in [-0.15, -0.1) is 0 Å². The fourth-order valence-electron chi connectivity index (χ4n) is 1.75. The molecule has 88 valence electrons. The first-order valence-electron chi connectivity index (χ1n) is 4.85. The van der Waals surface area contributed by atoms with E-state index in [2.05, 4.69) is 0 Å². The summed E-state index contributed by atoms with van der Waals surface area (Å²) < 4.78 is 36.4. The van der Waals surface area contributed by atoms with Gasteiger partial charge in [-0.25, -0.2) is 0 Å². The van der Waals surface area contributed by atoms with Gasteiger partial charge in [-0.1, -0.05) is 0 Å². The molecule has 1 heterocycles. The van der Waals surface area contributed by atoms with Crippen LogP contribution in [0, 0.1) is 0 Å². The van der Waals surface area contributed by atoms with Crippen LogP contribution in [-0.2, 0) is 4.79 Å². The van der Waals surface area contributed by atoms with Gasteiger partial charge in [0, 0.05) is 13.1 Å². The van der Waals surface area contributed by atoms with Gasteiger partial charge in [0.2, 0.25) is 0 Å². The molecule has 0 saturated carbocycles. The molecule has 1 amide bonds. The molecule has 0 aromatic heterocycles. The molecule has 0 bridgehead atoms. The van der Waals surface area contributed by atoms with E-state index in [-0.39, 0.29) is 6.04 Å². The van der Waals surface area contributed by atoms with Crippen molar-refractivity contribution in [2.24, 2.45) is 0 Å². The molecule has 0 aromatic carbocycles. The maximum absolute atomic E-state index is 12.1. The van der Waals surface area contributed by atoms with Crippen molar-refractivity contribution in [3.8, 4) is 0 Å². The highest BCUT2D eigenvalue weighted by Crippen LogP contribution is 2.22. The fourth-order valence-corrected chi connectivity index (χ4v) is 1.75. The molecule has 0 unspecified atom stereocenters. The smallest absolute Gasteiger partial charge is 0.335 e. The number of carbonyl (C=O) groups is 1. The Hall–Kier alpha value is -0.780. The first-order chi connectivity index (χ1) is 6.82. The highest BCUT2D eigenvalue weighted by Gasteiger charge is 2.43. The number of carbonyl (C=O) groups excluding carboxylic acids is 1. The van der Waals surface area contributed by atoms with E-state index < -0.39 is 12.1 Å². The van der Waals surface area contributed by atoms with Crippen LogP contribution in [0.2, 0.25) is 0 Å². The Balaban J connectivity index is 2.54. The molecule has 1 aliphatic rings. The highest BCUT2D eigenvalue weighted by atomic mass is 19.4. The maximum Gasteiger partial charge on any atom is 0.471 e. The molecule has 1 fully saturated rings. The Morgan fingerprint density at radius 2 is 1.80 bits per heavy atom. The van der Waals surface area contributed by atoms with Crippen LogP contribution >= 0.6 is 0 Å². The lowest BCUT2D eigenvalue weighted by Crippen LogP contribution is -2.48. The van der Waals surface area contributed by atoms with Gasteiger partial charge >= 0.3 is 12.1 Å². The first-order valence-corrected chi connectivity index (χ1v) is 4.85. The summed E-state index contributed by atoms with van der Waals surface area (Å²) in [7, 11) is 3.15. The molecule has 0 atom stereocenters. The summed E-state index contributed by atoms with van der Waals surface area (Å²) in [5.41, 5.74) is 0. The van der Waals surface area contributed by atoms with Crippen molar-refractivity contribution in [3.63, 3.8) is 0 Å². The van der Waals surface area contributed by atoms with Crippen LogP contribution < -0.4 is 0 Å². The number of alkyl halides is 3. The summed E-state index contributed by atoms with van der Waals surface area (Å²) in [4.78, 5) is 13.8. The van der Waals surface area contributed by atoms with Crippen molar-refractivity contribution in [1.29, 1.82) is 0 Å². The van der Waals surface area contributed by atoms with Crippen LogP contribution in [0.1, 0.15) is 12.8 Å². The van der Waals surface area contributed by atoms with E-state index in [9.17, 15) is 18.0 Å². The summed E-state index contributed by atoms with van der Waals surface area (Å²) in [6.07, 6.45) is -3.54. The Kier molecular flexibility index (Phi) is 3.59. The van der Waals surface area contributed by atoms with Crippen LogP contribution in [0.3, 0.4) is 0 Å². The van der Waals surface area contributed by atoms with Crippen molar-refractivity contribution < 1.29 is 18.0 Å². The molecule has 0 N–H and O–H groups in total. The predicted molar refractivity (Wildman–Crippen MR) is 49.3 cm³/mol. The molecule has 6 heteroatoms. The van der Waals surface area contributed by atoms with Gasteiger partial charge in [0.15, 0.2) is 0 Å². The number of amides is 1. The normalized spacial score (nSPS) is 20.3. The van der Waals surface area contributed by atoms with E-state index in [1.165, 1.54) is 7.05 Å². The SMILES string of the molecule is CN1CCC(N(C)C(=O)C(F)(F)F)CC1. The third-order valence-electron chi connectivity index (χ3n) is 2.80. The molecule has 1 rings (SSSR count). The maximum atomic E-state index is 12.1. The topological polar surface area (TPSA) is 23.6 Å². The minimum atomic E-state index is -4.75. The summed E-state index contributed by atoms with van der Waals surface area (Å²) in [6, 6.07) is -0.282. The third-order valence-corrected chi connectivity index (χ3v) is 2.80. The van der Waals surface area contributed by atoms with Crippen molar-refractivity contribution >= 4 is 5.91 Å². The van der Waals surface area contributed by atoms with Gasteiger partial charge in [0.1, 0.15) is 0 Å². The van der Waals surface area contributed by atoms with E-state index in [1.807, 2.05) is 11.9 Å². The molecular formula is C9H15F3N2O. The first kappa shape index (κ1) is 12.3. The monoisotopic (exact) mass is 224 g/mol. The molecule has 0 aromatic rings. The molecule has 15 heavy (non-hydrogen) atoms. The number of hydrogen-bond donors (Lipinski definition) is 0. The standard InChI is InChI=1S/C9H15F3N2O/c1-13-5-3-7(4-6-13)14(2)8(15)9(10,11)12/h7H,3-6H2,1-2H3. The van der Waals surface area contributed by atoms with E-state index in [1.54, 1.807) is 0 Å². The lowest BCUT2D eigenvalue weighted by Gasteiger charge is -2.35. The van der Waals surface area contributed by atoms with Crippen molar-refractivity contribution in [2.45, 2.75) is 25.1 Å². The third kappa shape index (κ3) is 3.09. The van der Waals surface area contributed by atoms with E-state index in [4.69, 9.17) is 0 Å². The zero-order valence-corrected chi connectivity index (χ0v) is 8.84. The highest BCUT2D eigenvalue weighted by molar-refractivity contribution is 5.81. The number of nitrogens with zero attached hydrogens (tertiary/aromatic N) is 2. The zero-order valence-electron chi connectivity index (χ0n) is 8.84. The van der Waals surface area contributed by atoms with Crippen LogP contribution in [0.15, 0.2) is 0 Å². The Bertz CT molecular complexity index is 234. The van der Waals surface area contributed by atoms with Gasteiger partial charge in [-0.3, -0.25) is 4.79 Å². The van der Waals surface area contributed by atoms with E-state index in [0.29, 0.717) is 12.8 Å². The number of rotatable bonds is 1. The second-order valence-electron chi connectivity index (χ2n) is 3.95. The minimum absolute atomic E-state index is 0.282. The molecule has 0 radical (unpaired) electrons. The van der Waals surface area contributed by atoms with Crippen LogP contribution in [0.5, 0.6) is 0 Å². The summed E-state index contributed by atoms with van der Waals surface area (Å²) in [5.74, 6) is -1.74. The van der Waals surface area contributed by atoms with Crippen LogP contribution in [-0.4, -0.2) is 55.1 Å². The van der Waals surface area contributed by atoms with Crippen LogP contribution in [0.25, 0.3) is 0 Å². The number of hydrogen-bond acceptors (Lipinski definition) is 2. The van der Waals surface area contributed by atoms with E-state index >= 15 is 0 Å². The molecule has 0 spiro atoms. The molecular weight excluding hydrogens is 209 g/mol. The second kappa shape index (κ2) is 4.38. The average molecular weight is 224 g/mol. The fraction of sp³-hybridized carbons (Fsp3) is 0.889. The number of likely N-dealkylation sites (tertiary alicyclic amines) is 1. The second-order valence-corrected chi connectivity index (χ2v) is 3.95. The average Bonchev–Trinajstić information content (AvgIpc) is 2.15. The Morgan fingerprint density at radius 1 is 1.33 bits per heavy atom. The largest absolute Gasteiger partial charge is 0.471 e. The lowest BCUT2D eigenvalue weighted by molar-refractivity contribution is -0.186. The molecule has 0 aliphatic carbocycles. The quantitative estimate of drug-likeness (QED) is 0.666. The summed E-state index contributed by atoms with van der Waals surface area (Å²) >= 11 is 0. The summed E-state index contributed by atoms with van der Waals surface area (Å²) in [5, 5.41) is 0. The van der Waals surface area contributed by atoms with Crippen molar-refractivity contribution in [1.82, 2.24) is 9.80 Å². The van der Waals surface area contributed by atoms with Gasteiger partial charge in [-0.05, 0) is 33.0 Å². The van der Waals surface area contributed by atoms with Crippen LogP contribution in [0.4, 0.5) is 13.2 Å². The zero-order chi connectivity index (χ0) is 11.6. The van der Waals surface area contributed by atoms with Crippen molar-refractivity contribution in [2.75, 3.05) is 27.2 Å². The lowest BCUT2D eigenvalue weighted by atomic mass is 10.0. The van der Waals surface area contributed by atoms with Gasteiger partial charge in [0.25, 0.3) is 0 Å². The molecule has 1 aliphatic heterocycles. The van der Waals surface area contributed by atoms with E-state index in [0.717, 1.165) is 18.0 Å². The van der Waals surface area contributed by atoms with Gasteiger partial charge in [-0.2, -0.15) is 13.2 Å². The molecule has 1 saturated heterocycles. The van der Waals surface area contributed by atoms with Gasteiger partial charge < -0.3 is 9.80 Å². The minimum Gasteiger partial charge on any atom is -0.335 e. The summed E-state index contributed by atoms with van der Waals surface area (Å²) in [6.45, 7) is 1.47. The Labute approximate surface area is 86.8 Å². The predicted octanol–water partition coefficient (Wildman–Crippen LogP) is 1.10. The number of halogens is 3. The van der Waals surface area contributed by atoms with Crippen molar-refractivity contribution in [3.05, 3.63) is 0 Å². The molecule has 3 nitrogen and oxygen atoms in total.